The lowest BCUT2D eigenvalue weighted by atomic mass is 10.1. The summed E-state index contributed by atoms with van der Waals surface area (Å²) >= 11 is 0. The molecule has 2 N–H and O–H groups in total. The van der Waals surface area contributed by atoms with E-state index in [1.54, 1.807) is 18.3 Å². The highest BCUT2D eigenvalue weighted by molar-refractivity contribution is 5.92. The van der Waals surface area contributed by atoms with Crippen LogP contribution in [0.3, 0.4) is 0 Å². The molecular formula is C19H22F4N3O2-. The number of rotatable bonds is 4. The fourth-order valence-electron chi connectivity index (χ4n) is 1.88. The highest BCUT2D eigenvalue weighted by Gasteiger charge is 2.32. The second-order valence-electron chi connectivity index (χ2n) is 6.85. The maximum Gasteiger partial charge on any atom is 0.573 e. The van der Waals surface area contributed by atoms with Gasteiger partial charge in [0.2, 0.25) is 5.91 Å². The average molecular weight is 400 g/mol. The number of primary amides is 1. The van der Waals surface area contributed by atoms with Crippen molar-refractivity contribution in [1.82, 2.24) is 4.98 Å². The van der Waals surface area contributed by atoms with Crippen molar-refractivity contribution in [3.05, 3.63) is 64.5 Å². The van der Waals surface area contributed by atoms with Crippen LogP contribution in [0.1, 0.15) is 42.4 Å². The van der Waals surface area contributed by atoms with Gasteiger partial charge in [0.05, 0.1) is 0 Å². The van der Waals surface area contributed by atoms with Gasteiger partial charge in [-0.3, -0.25) is 9.78 Å². The van der Waals surface area contributed by atoms with Crippen molar-refractivity contribution in [2.75, 3.05) is 0 Å². The van der Waals surface area contributed by atoms with Crippen LogP contribution in [0.25, 0.3) is 5.32 Å². The molecule has 0 spiro atoms. The Morgan fingerprint density at radius 2 is 1.82 bits per heavy atom. The minimum Gasteiger partial charge on any atom is -0.654 e. The van der Waals surface area contributed by atoms with Gasteiger partial charge in [0.15, 0.2) is 11.6 Å². The molecule has 1 aromatic carbocycles. The smallest absolute Gasteiger partial charge is 0.573 e. The molecular weight excluding hydrogens is 378 g/mol. The third-order valence-electron chi connectivity index (χ3n) is 3.14. The number of benzene rings is 1. The van der Waals surface area contributed by atoms with Gasteiger partial charge in [0.1, 0.15) is 0 Å². The fraction of sp³-hybridized carbons (Fsp3) is 0.368. The number of pyridine rings is 1. The molecule has 2 rings (SSSR count). The first-order valence-electron chi connectivity index (χ1n) is 8.22. The van der Waals surface area contributed by atoms with Crippen LogP contribution in [0.4, 0.5) is 17.6 Å². The van der Waals surface area contributed by atoms with Crippen LogP contribution < -0.4 is 10.5 Å². The van der Waals surface area contributed by atoms with Gasteiger partial charge in [0, 0.05) is 17.5 Å². The van der Waals surface area contributed by atoms with Gasteiger partial charge in [0.25, 0.3) is 0 Å². The van der Waals surface area contributed by atoms with Crippen molar-refractivity contribution < 1.29 is 27.1 Å². The lowest BCUT2D eigenvalue weighted by Gasteiger charge is -2.36. The number of alkyl halides is 3. The SMILES string of the molecule is CC(C)(C)[N-]Cc1ccc(F)c(OC(F)(F)F)c1.Cc1cc(C(N)=O)ccn1. The van der Waals surface area contributed by atoms with Crippen molar-refractivity contribution in [2.45, 2.75) is 46.1 Å². The van der Waals surface area contributed by atoms with Gasteiger partial charge in [-0.05, 0) is 31.2 Å². The Morgan fingerprint density at radius 3 is 2.29 bits per heavy atom. The summed E-state index contributed by atoms with van der Waals surface area (Å²) in [5, 5.41) is 4.23. The van der Waals surface area contributed by atoms with E-state index in [9.17, 15) is 22.4 Å². The van der Waals surface area contributed by atoms with Gasteiger partial charge in [-0.25, -0.2) is 4.39 Å². The molecule has 0 saturated carbocycles. The molecule has 0 aliphatic rings. The van der Waals surface area contributed by atoms with E-state index in [0.717, 1.165) is 17.8 Å². The molecule has 28 heavy (non-hydrogen) atoms. The summed E-state index contributed by atoms with van der Waals surface area (Å²) in [6.07, 6.45) is -3.34. The molecule has 2 aromatic rings. The number of hydrogen-bond acceptors (Lipinski definition) is 3. The number of amides is 1. The quantitative estimate of drug-likeness (QED) is 0.743. The minimum absolute atomic E-state index is 0.206. The number of aryl methyl sites for hydroxylation is 1. The topological polar surface area (TPSA) is 79.3 Å². The molecule has 1 aromatic heterocycles. The molecule has 0 bridgehead atoms. The Hall–Kier alpha value is -2.68. The number of nitrogens with two attached hydrogens (primary N) is 1. The highest BCUT2D eigenvalue weighted by Crippen LogP contribution is 2.28. The zero-order valence-corrected chi connectivity index (χ0v) is 16.0. The first-order chi connectivity index (χ1) is 12.8. The van der Waals surface area contributed by atoms with Crippen LogP contribution in [-0.2, 0) is 6.54 Å². The summed E-state index contributed by atoms with van der Waals surface area (Å²) in [5.41, 5.74) is 6.48. The van der Waals surface area contributed by atoms with Crippen molar-refractivity contribution in [3.63, 3.8) is 0 Å². The summed E-state index contributed by atoms with van der Waals surface area (Å²) in [6.45, 7) is 7.61. The summed E-state index contributed by atoms with van der Waals surface area (Å²) in [4.78, 5) is 14.5. The largest absolute Gasteiger partial charge is 0.654 e. The van der Waals surface area contributed by atoms with Crippen LogP contribution in [0, 0.1) is 12.7 Å². The Kier molecular flexibility index (Phi) is 7.92. The van der Waals surface area contributed by atoms with Gasteiger partial charge in [-0.1, -0.05) is 32.4 Å². The summed E-state index contributed by atoms with van der Waals surface area (Å²) in [6, 6.07) is 6.58. The molecule has 1 heterocycles. The maximum absolute atomic E-state index is 13.1. The summed E-state index contributed by atoms with van der Waals surface area (Å²) in [7, 11) is 0. The van der Waals surface area contributed by atoms with Gasteiger partial charge < -0.3 is 15.8 Å². The van der Waals surface area contributed by atoms with E-state index in [0.29, 0.717) is 11.1 Å². The molecule has 0 fully saturated rings. The molecule has 9 heteroatoms. The number of halogens is 4. The van der Waals surface area contributed by atoms with Gasteiger partial charge in [-0.15, -0.1) is 25.3 Å². The molecule has 154 valence electrons. The van der Waals surface area contributed by atoms with E-state index in [-0.39, 0.29) is 12.1 Å². The third kappa shape index (κ3) is 9.31. The van der Waals surface area contributed by atoms with E-state index in [4.69, 9.17) is 5.73 Å². The second kappa shape index (κ2) is 9.50. The number of aromatic nitrogens is 1. The fourth-order valence-corrected chi connectivity index (χ4v) is 1.88. The predicted octanol–water partition coefficient (Wildman–Crippen LogP) is 4.89. The van der Waals surface area contributed by atoms with Crippen LogP contribution in [0.15, 0.2) is 36.5 Å². The summed E-state index contributed by atoms with van der Waals surface area (Å²) in [5.74, 6) is -2.29. The monoisotopic (exact) mass is 400 g/mol. The molecule has 0 aliphatic heterocycles. The van der Waals surface area contributed by atoms with Crippen LogP contribution in [-0.4, -0.2) is 22.8 Å². The van der Waals surface area contributed by atoms with Crippen LogP contribution in [0.5, 0.6) is 5.75 Å². The highest BCUT2D eigenvalue weighted by atomic mass is 19.4. The van der Waals surface area contributed by atoms with Crippen molar-refractivity contribution >= 4 is 5.91 Å². The van der Waals surface area contributed by atoms with E-state index in [1.165, 1.54) is 6.07 Å². The molecule has 5 nitrogen and oxygen atoms in total. The Labute approximate surface area is 160 Å². The zero-order chi connectivity index (χ0) is 21.5. The Morgan fingerprint density at radius 1 is 1.18 bits per heavy atom. The number of hydrogen-bond donors (Lipinski definition) is 1. The molecule has 0 unspecified atom stereocenters. The number of ether oxygens (including phenoxy) is 1. The lowest BCUT2D eigenvalue weighted by Crippen LogP contribution is -2.18. The number of carbonyl (C=O) groups excluding carboxylic acids is 1. The molecule has 0 atom stereocenters. The molecule has 0 aliphatic carbocycles. The third-order valence-corrected chi connectivity index (χ3v) is 3.14. The second-order valence-corrected chi connectivity index (χ2v) is 6.85. The predicted molar refractivity (Wildman–Crippen MR) is 97.4 cm³/mol. The zero-order valence-electron chi connectivity index (χ0n) is 16.0. The summed E-state index contributed by atoms with van der Waals surface area (Å²) < 4.78 is 52.8. The van der Waals surface area contributed by atoms with Crippen LogP contribution >= 0.6 is 0 Å². The Balaban J connectivity index is 0.000000330. The minimum atomic E-state index is -4.90. The first kappa shape index (κ1) is 23.4. The van der Waals surface area contributed by atoms with E-state index in [2.05, 4.69) is 15.0 Å². The van der Waals surface area contributed by atoms with Crippen molar-refractivity contribution in [1.29, 1.82) is 0 Å². The van der Waals surface area contributed by atoms with Crippen molar-refractivity contribution in [3.8, 4) is 5.75 Å². The van der Waals surface area contributed by atoms with Crippen molar-refractivity contribution in [2.24, 2.45) is 5.73 Å². The maximum atomic E-state index is 13.1. The van der Waals surface area contributed by atoms with E-state index in [1.807, 2.05) is 27.7 Å². The van der Waals surface area contributed by atoms with Gasteiger partial charge in [-0.2, -0.15) is 0 Å². The van der Waals surface area contributed by atoms with Gasteiger partial charge >= 0.3 is 6.36 Å². The lowest BCUT2D eigenvalue weighted by molar-refractivity contribution is -0.275. The van der Waals surface area contributed by atoms with Crippen LogP contribution in [0.2, 0.25) is 0 Å². The average Bonchev–Trinajstić information content (AvgIpc) is 2.54. The van der Waals surface area contributed by atoms with E-state index < -0.39 is 23.8 Å². The number of nitrogens with zero attached hydrogens (tertiary/aromatic N) is 2. The normalized spacial score (nSPS) is 11.4. The Bertz CT molecular complexity index is 802. The molecule has 0 radical (unpaired) electrons. The van der Waals surface area contributed by atoms with E-state index >= 15 is 0 Å². The standard InChI is InChI=1S/C12H14F4NO.C7H8N2O/c1-11(2,3)17-7-8-4-5-9(13)10(6-8)18-12(14,15)16;1-5-4-6(7(8)10)2-3-9-5/h4-6H,7H2,1-3H3;2-4H,1H3,(H2,8,10)/q-1;. The number of carbonyl (C=O) groups is 1. The molecule has 0 saturated heterocycles. The molecule has 1 amide bonds. The first-order valence-corrected chi connectivity index (χ1v) is 8.22.